The lowest BCUT2D eigenvalue weighted by Gasteiger charge is -2.36. The van der Waals surface area contributed by atoms with Crippen molar-refractivity contribution in [1.29, 1.82) is 0 Å². The van der Waals surface area contributed by atoms with Gasteiger partial charge in [-0.3, -0.25) is 9.79 Å². The Bertz CT molecular complexity index is 629. The summed E-state index contributed by atoms with van der Waals surface area (Å²) in [5, 5.41) is 6.52. The third kappa shape index (κ3) is 3.88. The van der Waals surface area contributed by atoms with E-state index in [2.05, 4.69) is 36.5 Å². The lowest BCUT2D eigenvalue weighted by molar-refractivity contribution is -0.135. The van der Waals surface area contributed by atoms with Gasteiger partial charge in [-0.2, -0.15) is 0 Å². The van der Waals surface area contributed by atoms with Crippen LogP contribution < -0.4 is 5.32 Å². The number of aromatic nitrogens is 1. The average molecular weight is 350 g/mol. The van der Waals surface area contributed by atoms with Crippen molar-refractivity contribution in [3.63, 3.8) is 0 Å². The Balaban J connectivity index is 1.55. The molecule has 1 aromatic rings. The van der Waals surface area contributed by atoms with Crippen LogP contribution >= 0.6 is 11.3 Å². The maximum absolute atomic E-state index is 12.3. The van der Waals surface area contributed by atoms with Gasteiger partial charge in [0.25, 0.3) is 0 Å². The van der Waals surface area contributed by atoms with Gasteiger partial charge in [0.05, 0.1) is 18.8 Å². The second kappa shape index (κ2) is 6.70. The van der Waals surface area contributed by atoms with Crippen LogP contribution in [0, 0.1) is 0 Å². The van der Waals surface area contributed by atoms with E-state index in [-0.39, 0.29) is 11.3 Å². The average Bonchev–Trinajstić information content (AvgIpc) is 3.24. The summed E-state index contributed by atoms with van der Waals surface area (Å²) in [5.41, 5.74) is 1.19. The maximum atomic E-state index is 12.3. The maximum Gasteiger partial charge on any atom is 0.242 e. The molecule has 1 aromatic heterocycles. The second-order valence-corrected chi connectivity index (χ2v) is 8.46. The molecule has 1 aliphatic heterocycles. The molecule has 1 amide bonds. The van der Waals surface area contributed by atoms with Gasteiger partial charge in [0.2, 0.25) is 5.91 Å². The number of carbonyl (C=O) groups is 1. The van der Waals surface area contributed by atoms with Crippen LogP contribution in [0.1, 0.15) is 44.3 Å². The van der Waals surface area contributed by atoms with E-state index in [1.807, 2.05) is 9.80 Å². The molecule has 24 heavy (non-hydrogen) atoms. The Kier molecular flexibility index (Phi) is 4.80. The molecule has 1 saturated heterocycles. The molecular weight excluding hydrogens is 322 g/mol. The fourth-order valence-electron chi connectivity index (χ4n) is 2.86. The number of nitrogens with one attached hydrogen (secondary N) is 1. The van der Waals surface area contributed by atoms with E-state index in [4.69, 9.17) is 4.98 Å². The molecule has 2 aliphatic rings. The topological polar surface area (TPSA) is 60.8 Å². The Morgan fingerprint density at radius 2 is 2.17 bits per heavy atom. The first-order valence-corrected chi connectivity index (χ1v) is 9.46. The molecule has 0 spiro atoms. The van der Waals surface area contributed by atoms with Gasteiger partial charge in [-0.25, -0.2) is 4.98 Å². The number of aliphatic imine (C=N–C) groups is 1. The summed E-state index contributed by atoms with van der Waals surface area (Å²) in [7, 11) is 1.77. The van der Waals surface area contributed by atoms with Crippen LogP contribution in [0.5, 0.6) is 0 Å². The van der Waals surface area contributed by atoms with Gasteiger partial charge in [0.1, 0.15) is 5.01 Å². The van der Waals surface area contributed by atoms with Gasteiger partial charge in [0.15, 0.2) is 5.96 Å². The van der Waals surface area contributed by atoms with Gasteiger partial charge in [0, 0.05) is 37.0 Å². The molecule has 6 nitrogen and oxygen atoms in total. The molecule has 1 aliphatic carbocycles. The number of hydrogen-bond donors (Lipinski definition) is 1. The van der Waals surface area contributed by atoms with Crippen LogP contribution in [-0.2, 0) is 16.8 Å². The molecule has 0 radical (unpaired) electrons. The van der Waals surface area contributed by atoms with E-state index in [1.54, 1.807) is 18.4 Å². The van der Waals surface area contributed by atoms with Crippen molar-refractivity contribution in [3.05, 3.63) is 16.1 Å². The van der Waals surface area contributed by atoms with Crippen molar-refractivity contribution >= 4 is 23.2 Å². The van der Waals surface area contributed by atoms with Crippen LogP contribution in [0.3, 0.4) is 0 Å². The Morgan fingerprint density at radius 3 is 2.71 bits per heavy atom. The quantitative estimate of drug-likeness (QED) is 0.668. The number of amides is 1. The van der Waals surface area contributed by atoms with Gasteiger partial charge < -0.3 is 15.1 Å². The lowest BCUT2D eigenvalue weighted by atomic mass is 9.93. The largest absolute Gasteiger partial charge is 0.350 e. The normalized spacial score (nSPS) is 19.8. The zero-order valence-corrected chi connectivity index (χ0v) is 15.8. The smallest absolute Gasteiger partial charge is 0.242 e. The minimum absolute atomic E-state index is 0.0714. The standard InChI is InChI=1S/C17H27N5OS/c1-17(2,3)13-11-24-14(20-13)9-19-16(18-4)21-7-8-22(12-5-6-12)15(23)10-21/h11-12H,5-10H2,1-4H3,(H,18,19). The molecule has 0 atom stereocenters. The third-order valence-corrected chi connectivity index (χ3v) is 5.32. The molecule has 0 aromatic carbocycles. The van der Waals surface area contributed by atoms with Gasteiger partial charge >= 0.3 is 0 Å². The number of nitrogens with zero attached hydrogens (tertiary/aromatic N) is 4. The first-order valence-electron chi connectivity index (χ1n) is 8.58. The number of thiazole rings is 1. The summed E-state index contributed by atoms with van der Waals surface area (Å²) in [6, 6.07) is 0.501. The van der Waals surface area contributed by atoms with E-state index in [0.29, 0.717) is 19.1 Å². The summed E-state index contributed by atoms with van der Waals surface area (Å²) in [5.74, 6) is 1.00. The van der Waals surface area contributed by atoms with Gasteiger partial charge in [-0.1, -0.05) is 20.8 Å². The number of hydrogen-bond acceptors (Lipinski definition) is 4. The van der Waals surface area contributed by atoms with Crippen molar-refractivity contribution in [2.45, 2.75) is 51.6 Å². The van der Waals surface area contributed by atoms with E-state index in [9.17, 15) is 4.79 Å². The number of rotatable bonds is 3. The van der Waals surface area contributed by atoms with E-state index < -0.39 is 0 Å². The predicted octanol–water partition coefficient (Wildman–Crippen LogP) is 1.82. The molecule has 3 rings (SSSR count). The first-order chi connectivity index (χ1) is 11.4. The van der Waals surface area contributed by atoms with Crippen LogP contribution in [0.2, 0.25) is 0 Å². The summed E-state index contributed by atoms with van der Waals surface area (Å²) < 4.78 is 0. The van der Waals surface area contributed by atoms with E-state index in [0.717, 1.165) is 29.8 Å². The van der Waals surface area contributed by atoms with Crippen molar-refractivity contribution in [2.75, 3.05) is 26.7 Å². The highest BCUT2D eigenvalue weighted by atomic mass is 32.1. The van der Waals surface area contributed by atoms with Crippen LogP contribution in [0.15, 0.2) is 10.4 Å². The molecule has 2 fully saturated rings. The minimum Gasteiger partial charge on any atom is -0.350 e. The molecule has 1 N–H and O–H groups in total. The van der Waals surface area contributed by atoms with Crippen molar-refractivity contribution in [3.8, 4) is 0 Å². The molecule has 2 heterocycles. The SMILES string of the molecule is CN=C(NCc1nc(C(C)(C)C)cs1)N1CCN(C2CC2)C(=O)C1. The van der Waals surface area contributed by atoms with Gasteiger partial charge in [-0.05, 0) is 12.8 Å². The summed E-state index contributed by atoms with van der Waals surface area (Å²) >= 11 is 1.67. The molecule has 0 bridgehead atoms. The molecule has 0 unspecified atom stereocenters. The lowest BCUT2D eigenvalue weighted by Crippen LogP contribution is -2.55. The molecule has 7 heteroatoms. The highest BCUT2D eigenvalue weighted by Gasteiger charge is 2.36. The predicted molar refractivity (Wildman–Crippen MR) is 97.3 cm³/mol. The highest BCUT2D eigenvalue weighted by Crippen LogP contribution is 2.28. The minimum atomic E-state index is 0.0714. The molecular formula is C17H27N5OS. The summed E-state index contributed by atoms with van der Waals surface area (Å²) in [4.78, 5) is 25.4. The first kappa shape index (κ1) is 17.2. The second-order valence-electron chi connectivity index (χ2n) is 7.52. The third-order valence-electron chi connectivity index (χ3n) is 4.47. The Labute approximate surface area is 148 Å². The van der Waals surface area contributed by atoms with Gasteiger partial charge in [-0.15, -0.1) is 11.3 Å². The Morgan fingerprint density at radius 1 is 1.42 bits per heavy atom. The zero-order valence-electron chi connectivity index (χ0n) is 15.0. The van der Waals surface area contributed by atoms with Crippen LogP contribution in [-0.4, -0.2) is 59.4 Å². The van der Waals surface area contributed by atoms with E-state index >= 15 is 0 Å². The molecule has 1 saturated carbocycles. The molecule has 132 valence electrons. The number of guanidine groups is 1. The monoisotopic (exact) mass is 349 g/mol. The zero-order chi connectivity index (χ0) is 17.3. The van der Waals surface area contributed by atoms with Crippen molar-refractivity contribution in [2.24, 2.45) is 4.99 Å². The number of carbonyl (C=O) groups excluding carboxylic acids is 1. The fourth-order valence-corrected chi connectivity index (χ4v) is 3.82. The van der Waals surface area contributed by atoms with Crippen LogP contribution in [0.4, 0.5) is 0 Å². The van der Waals surface area contributed by atoms with Crippen molar-refractivity contribution in [1.82, 2.24) is 20.1 Å². The highest BCUT2D eigenvalue weighted by molar-refractivity contribution is 7.09. The fraction of sp³-hybridized carbons (Fsp3) is 0.706. The van der Waals surface area contributed by atoms with Crippen molar-refractivity contribution < 1.29 is 4.79 Å². The Hall–Kier alpha value is -1.63. The summed E-state index contributed by atoms with van der Waals surface area (Å²) in [6.07, 6.45) is 2.33. The van der Waals surface area contributed by atoms with Crippen LogP contribution in [0.25, 0.3) is 0 Å². The summed E-state index contributed by atoms with van der Waals surface area (Å²) in [6.45, 7) is 9.21. The number of piperazine rings is 1. The van der Waals surface area contributed by atoms with E-state index in [1.165, 1.54) is 12.8 Å².